The van der Waals surface area contributed by atoms with Crippen LogP contribution in [0.3, 0.4) is 0 Å². The number of carbonyl (C=O) groups is 1. The molecule has 1 aliphatic heterocycles. The summed E-state index contributed by atoms with van der Waals surface area (Å²) < 4.78 is 5.82. The maximum Gasteiger partial charge on any atom is 0.411 e. The molecule has 1 heterocycles. The lowest BCUT2D eigenvalue weighted by molar-refractivity contribution is 0.0137. The Morgan fingerprint density at radius 2 is 1.94 bits per heavy atom. The maximum atomic E-state index is 13.4. The van der Waals surface area contributed by atoms with Gasteiger partial charge >= 0.3 is 6.09 Å². The van der Waals surface area contributed by atoms with Crippen molar-refractivity contribution in [2.75, 3.05) is 0 Å². The summed E-state index contributed by atoms with van der Waals surface area (Å²) in [6, 6.07) is 12.1. The highest BCUT2D eigenvalue weighted by Crippen LogP contribution is 2.50. The summed E-state index contributed by atoms with van der Waals surface area (Å²) in [5.74, 6) is 1.63. The first-order chi connectivity index (χ1) is 15.7. The highest BCUT2D eigenvalue weighted by Gasteiger charge is 2.39. The van der Waals surface area contributed by atoms with Crippen LogP contribution in [0, 0.1) is 5.92 Å². The van der Waals surface area contributed by atoms with Gasteiger partial charge in [0.15, 0.2) is 0 Å². The van der Waals surface area contributed by atoms with Gasteiger partial charge in [-0.05, 0) is 92.8 Å². The van der Waals surface area contributed by atoms with Gasteiger partial charge < -0.3 is 10.5 Å². The molecule has 5 rings (SSSR count). The molecular formula is C27H32ClN3O2. The van der Waals surface area contributed by atoms with Crippen molar-refractivity contribution < 1.29 is 9.53 Å². The van der Waals surface area contributed by atoms with E-state index < -0.39 is 5.60 Å². The highest BCUT2D eigenvalue weighted by molar-refractivity contribution is 6.30. The molecule has 3 atom stereocenters. The first-order valence-electron chi connectivity index (χ1n) is 11.9. The lowest BCUT2D eigenvalue weighted by atomic mass is 9.83. The quantitative estimate of drug-likeness (QED) is 0.551. The molecule has 5 nitrogen and oxygen atoms in total. The molecule has 0 bridgehead atoms. The Balaban J connectivity index is 1.51. The summed E-state index contributed by atoms with van der Waals surface area (Å²) in [6.07, 6.45) is 5.01. The van der Waals surface area contributed by atoms with E-state index >= 15 is 0 Å². The van der Waals surface area contributed by atoms with E-state index in [1.165, 1.54) is 24.0 Å². The second kappa shape index (κ2) is 8.35. The summed E-state index contributed by atoms with van der Waals surface area (Å²) in [5.41, 5.74) is 11.6. The van der Waals surface area contributed by atoms with Crippen LogP contribution in [0.4, 0.5) is 10.5 Å². The number of nitrogens with two attached hydrogens (primary N) is 1. The van der Waals surface area contributed by atoms with E-state index in [9.17, 15) is 4.79 Å². The first kappa shape index (κ1) is 22.3. The predicted octanol–water partition coefficient (Wildman–Crippen LogP) is 6.65. The second-order valence-electron chi connectivity index (χ2n) is 10.6. The number of fused-ring (bicyclic) bond motifs is 4. The summed E-state index contributed by atoms with van der Waals surface area (Å²) in [7, 11) is 0. The number of benzene rings is 2. The van der Waals surface area contributed by atoms with Gasteiger partial charge in [0.25, 0.3) is 0 Å². The van der Waals surface area contributed by atoms with Crippen molar-refractivity contribution in [3.05, 3.63) is 63.7 Å². The number of aryl methyl sites for hydroxylation is 1. The smallest absolute Gasteiger partial charge is 0.411 e. The average molecular weight is 466 g/mol. The van der Waals surface area contributed by atoms with Gasteiger partial charge in [-0.1, -0.05) is 36.2 Å². The molecule has 3 unspecified atom stereocenters. The van der Waals surface area contributed by atoms with Crippen LogP contribution in [-0.2, 0) is 17.7 Å². The summed E-state index contributed by atoms with van der Waals surface area (Å²) in [6.45, 7) is 6.14. The van der Waals surface area contributed by atoms with E-state index in [0.29, 0.717) is 23.4 Å². The Hall–Kier alpha value is -2.53. The van der Waals surface area contributed by atoms with E-state index in [4.69, 9.17) is 27.1 Å². The molecule has 1 amide bonds. The highest BCUT2D eigenvalue weighted by atomic mass is 35.5. The number of rotatable bonds is 3. The molecule has 0 saturated heterocycles. The number of amides is 1. The third-order valence-corrected chi connectivity index (χ3v) is 7.36. The van der Waals surface area contributed by atoms with E-state index in [1.54, 1.807) is 0 Å². The van der Waals surface area contributed by atoms with E-state index in [1.807, 2.05) is 49.9 Å². The number of ether oxygens (including phenoxy) is 1. The fourth-order valence-electron chi connectivity index (χ4n) is 5.72. The number of carbonyl (C=O) groups excluding carboxylic acids is 1. The maximum absolute atomic E-state index is 13.4. The van der Waals surface area contributed by atoms with Crippen molar-refractivity contribution in [1.29, 1.82) is 0 Å². The van der Waals surface area contributed by atoms with Gasteiger partial charge in [0.2, 0.25) is 0 Å². The van der Waals surface area contributed by atoms with Crippen molar-refractivity contribution in [1.82, 2.24) is 4.90 Å². The van der Waals surface area contributed by atoms with Gasteiger partial charge in [0.05, 0.1) is 11.7 Å². The Kier molecular flexibility index (Phi) is 5.64. The van der Waals surface area contributed by atoms with Crippen molar-refractivity contribution in [3.63, 3.8) is 0 Å². The minimum atomic E-state index is -0.572. The standard InChI is InChI=1S/C27H32ClN3O2/c1-27(2,3)33-26(32)31(15-16-6-4-7-18(28)12-16)24-11-10-17-13-22-19-8-5-9-20(19)25(29)30-23(22)14-21(17)24/h4,6-7,12-14,19-20,24H,5,8-11,15H2,1-3H3,(H2,29,30). The number of amidine groups is 1. The third-order valence-electron chi connectivity index (χ3n) is 7.13. The van der Waals surface area contributed by atoms with E-state index in [-0.39, 0.29) is 12.1 Å². The van der Waals surface area contributed by atoms with Gasteiger partial charge in [-0.2, -0.15) is 0 Å². The van der Waals surface area contributed by atoms with Crippen LogP contribution < -0.4 is 5.73 Å². The van der Waals surface area contributed by atoms with E-state index in [2.05, 4.69) is 12.1 Å². The molecule has 0 radical (unpaired) electrons. The van der Waals surface area contributed by atoms with Crippen LogP contribution >= 0.6 is 11.6 Å². The molecule has 0 aromatic heterocycles. The molecule has 33 heavy (non-hydrogen) atoms. The fraction of sp³-hybridized carbons (Fsp3) is 0.481. The van der Waals surface area contributed by atoms with Crippen molar-refractivity contribution >= 4 is 29.2 Å². The van der Waals surface area contributed by atoms with Gasteiger partial charge in [-0.15, -0.1) is 0 Å². The molecule has 0 spiro atoms. The van der Waals surface area contributed by atoms with Gasteiger partial charge in [0, 0.05) is 17.5 Å². The molecular weight excluding hydrogens is 434 g/mol. The summed E-state index contributed by atoms with van der Waals surface area (Å²) in [5, 5.41) is 0.661. The van der Waals surface area contributed by atoms with Crippen LogP contribution in [-0.4, -0.2) is 22.4 Å². The van der Waals surface area contributed by atoms with Crippen molar-refractivity contribution in [3.8, 4) is 0 Å². The normalized spacial score (nSPS) is 23.4. The van der Waals surface area contributed by atoms with Crippen LogP contribution in [0.25, 0.3) is 0 Å². The zero-order chi connectivity index (χ0) is 23.3. The van der Waals surface area contributed by atoms with Crippen LogP contribution in [0.15, 0.2) is 41.4 Å². The lowest BCUT2D eigenvalue weighted by Gasteiger charge is -2.33. The van der Waals surface area contributed by atoms with Crippen LogP contribution in [0.2, 0.25) is 5.02 Å². The average Bonchev–Trinajstić information content (AvgIpc) is 3.37. The molecule has 174 valence electrons. The molecule has 2 aliphatic carbocycles. The fourth-order valence-corrected chi connectivity index (χ4v) is 5.94. The first-order valence-corrected chi connectivity index (χ1v) is 12.3. The Morgan fingerprint density at radius 1 is 1.15 bits per heavy atom. The monoisotopic (exact) mass is 465 g/mol. The van der Waals surface area contributed by atoms with Crippen LogP contribution in [0.1, 0.15) is 80.7 Å². The Labute approximate surface area is 201 Å². The topological polar surface area (TPSA) is 67.9 Å². The SMILES string of the molecule is CC(C)(C)OC(=O)N(Cc1cccc(Cl)c1)C1CCc2cc3c(cc21)N=C(N)C1CCCC31. The Bertz CT molecular complexity index is 1120. The minimum absolute atomic E-state index is 0.0724. The molecule has 1 saturated carbocycles. The Morgan fingerprint density at radius 3 is 2.70 bits per heavy atom. The number of hydrogen-bond acceptors (Lipinski definition) is 4. The molecule has 6 heteroatoms. The predicted molar refractivity (Wildman–Crippen MR) is 132 cm³/mol. The number of halogens is 1. The lowest BCUT2D eigenvalue weighted by Crippen LogP contribution is -2.38. The van der Waals surface area contributed by atoms with E-state index in [0.717, 1.165) is 41.9 Å². The number of nitrogens with zero attached hydrogens (tertiary/aromatic N) is 2. The number of aliphatic imine (C=N–C) groups is 1. The molecule has 3 aliphatic rings. The summed E-state index contributed by atoms with van der Waals surface area (Å²) >= 11 is 6.23. The molecule has 2 aromatic rings. The zero-order valence-electron chi connectivity index (χ0n) is 19.6. The molecule has 2 aromatic carbocycles. The van der Waals surface area contributed by atoms with Gasteiger partial charge in [-0.25, -0.2) is 9.79 Å². The second-order valence-corrected chi connectivity index (χ2v) is 11.0. The van der Waals surface area contributed by atoms with Gasteiger partial charge in [0.1, 0.15) is 11.4 Å². The molecule has 2 N–H and O–H groups in total. The van der Waals surface area contributed by atoms with Crippen molar-refractivity contribution in [2.24, 2.45) is 16.6 Å². The van der Waals surface area contributed by atoms with Crippen LogP contribution in [0.5, 0.6) is 0 Å². The number of hydrogen-bond donors (Lipinski definition) is 1. The summed E-state index contributed by atoms with van der Waals surface area (Å²) in [4.78, 5) is 20.0. The zero-order valence-corrected chi connectivity index (χ0v) is 20.4. The minimum Gasteiger partial charge on any atom is -0.444 e. The molecule has 1 fully saturated rings. The van der Waals surface area contributed by atoms with Crippen molar-refractivity contribution in [2.45, 2.75) is 77.0 Å². The largest absolute Gasteiger partial charge is 0.444 e. The van der Waals surface area contributed by atoms with Gasteiger partial charge in [-0.3, -0.25) is 4.90 Å². The third kappa shape index (κ3) is 4.35.